The van der Waals surface area contributed by atoms with Crippen LogP contribution in [-0.4, -0.2) is 25.9 Å². The molecular formula is C14H31NSi. The topological polar surface area (TPSA) is 3.24 Å². The van der Waals surface area contributed by atoms with Gasteiger partial charge in [0, 0.05) is 6.54 Å². The molecule has 0 saturated heterocycles. The minimum absolute atomic E-state index is 0.799. The molecule has 0 unspecified atom stereocenters. The summed E-state index contributed by atoms with van der Waals surface area (Å²) in [6.45, 7) is 22.9. The van der Waals surface area contributed by atoms with E-state index in [-0.39, 0.29) is 0 Å². The fraction of sp³-hybridized carbons (Fsp3) is 0.857. The lowest BCUT2D eigenvalue weighted by molar-refractivity contribution is 0.445. The Morgan fingerprint density at radius 3 is 1.56 bits per heavy atom. The summed E-state index contributed by atoms with van der Waals surface area (Å²) in [7, 11) is -1.42. The van der Waals surface area contributed by atoms with Crippen molar-refractivity contribution in [3.63, 3.8) is 0 Å². The van der Waals surface area contributed by atoms with Gasteiger partial charge in [-0.2, -0.15) is 0 Å². The van der Waals surface area contributed by atoms with Gasteiger partial charge in [0.15, 0.2) is 0 Å². The highest BCUT2D eigenvalue weighted by Gasteiger charge is 2.46. The quantitative estimate of drug-likeness (QED) is 0.462. The van der Waals surface area contributed by atoms with Crippen molar-refractivity contribution in [1.29, 1.82) is 0 Å². The van der Waals surface area contributed by atoms with E-state index in [0.717, 1.165) is 29.7 Å². The maximum Gasteiger partial charge on any atom is 0.136 e. The van der Waals surface area contributed by atoms with Crippen LogP contribution in [0.5, 0.6) is 0 Å². The normalized spacial score (nSPS) is 13.2. The number of hydrogen-bond donors (Lipinski definition) is 0. The second-order valence-electron chi connectivity index (χ2n) is 5.68. The predicted octanol–water partition coefficient (Wildman–Crippen LogP) is 4.67. The summed E-state index contributed by atoms with van der Waals surface area (Å²) in [5, 5.41) is 0. The largest absolute Gasteiger partial charge is 0.320 e. The first-order valence-corrected chi connectivity index (χ1v) is 8.89. The molecule has 0 aromatic rings. The second kappa shape index (κ2) is 6.60. The highest BCUT2D eigenvalue weighted by Crippen LogP contribution is 2.43. The molecule has 0 radical (unpaired) electrons. The first kappa shape index (κ1) is 15.9. The van der Waals surface area contributed by atoms with Gasteiger partial charge in [-0.3, -0.25) is 0 Å². The molecular weight excluding hydrogens is 210 g/mol. The fourth-order valence-corrected chi connectivity index (χ4v) is 11.0. The third kappa shape index (κ3) is 2.78. The molecule has 0 rings (SSSR count). The van der Waals surface area contributed by atoms with Crippen LogP contribution >= 0.6 is 0 Å². The maximum absolute atomic E-state index is 3.92. The molecule has 0 aliphatic heterocycles. The van der Waals surface area contributed by atoms with E-state index in [9.17, 15) is 0 Å². The standard InChI is InChI=1S/C14H31NSi/c1-9-11-15(10-2)16(12(3)4,13(5)6)14(7)8/h9,12-14H,1,10-11H2,2-8H3. The van der Waals surface area contributed by atoms with Gasteiger partial charge in [-0.1, -0.05) is 54.5 Å². The summed E-state index contributed by atoms with van der Waals surface area (Å²) in [5.41, 5.74) is 2.40. The van der Waals surface area contributed by atoms with E-state index < -0.39 is 8.24 Å². The van der Waals surface area contributed by atoms with Crippen LogP contribution in [0.3, 0.4) is 0 Å². The van der Waals surface area contributed by atoms with Gasteiger partial charge in [-0.05, 0) is 23.2 Å². The molecule has 0 bridgehead atoms. The van der Waals surface area contributed by atoms with Crippen LogP contribution < -0.4 is 0 Å². The van der Waals surface area contributed by atoms with Crippen LogP contribution in [0.15, 0.2) is 12.7 Å². The van der Waals surface area contributed by atoms with E-state index in [4.69, 9.17) is 0 Å². The van der Waals surface area contributed by atoms with E-state index in [1.165, 1.54) is 0 Å². The average Bonchev–Trinajstić information content (AvgIpc) is 2.15. The first-order chi connectivity index (χ1) is 7.35. The number of hydrogen-bond acceptors (Lipinski definition) is 1. The Bertz CT molecular complexity index is 187. The number of nitrogens with zero attached hydrogens (tertiary/aromatic N) is 1. The molecule has 96 valence electrons. The van der Waals surface area contributed by atoms with Crippen LogP contribution in [0.2, 0.25) is 16.6 Å². The monoisotopic (exact) mass is 241 g/mol. The van der Waals surface area contributed by atoms with Crippen molar-refractivity contribution in [1.82, 2.24) is 4.57 Å². The van der Waals surface area contributed by atoms with Crippen LogP contribution in [0.1, 0.15) is 48.5 Å². The van der Waals surface area contributed by atoms with E-state index in [1.54, 1.807) is 0 Å². The van der Waals surface area contributed by atoms with Gasteiger partial charge in [0.05, 0.1) is 0 Å². The van der Waals surface area contributed by atoms with E-state index in [1.807, 2.05) is 0 Å². The SMILES string of the molecule is C=CCN(CC)[Si](C(C)C)(C(C)C)C(C)C. The number of likely N-dealkylation sites (N-methyl/N-ethyl adjacent to an activating group) is 1. The molecule has 0 spiro atoms. The summed E-state index contributed by atoms with van der Waals surface area (Å²) in [6, 6.07) is 0. The van der Waals surface area contributed by atoms with Gasteiger partial charge in [-0.25, -0.2) is 0 Å². The Morgan fingerprint density at radius 2 is 1.38 bits per heavy atom. The first-order valence-electron chi connectivity index (χ1n) is 6.71. The van der Waals surface area contributed by atoms with Gasteiger partial charge in [-0.15, -0.1) is 6.58 Å². The Labute approximate surface area is 104 Å². The summed E-state index contributed by atoms with van der Waals surface area (Å²) < 4.78 is 2.74. The van der Waals surface area contributed by atoms with Crippen LogP contribution in [0.4, 0.5) is 0 Å². The van der Waals surface area contributed by atoms with Crippen molar-refractivity contribution < 1.29 is 0 Å². The van der Waals surface area contributed by atoms with Crippen molar-refractivity contribution in [3.05, 3.63) is 12.7 Å². The Kier molecular flexibility index (Phi) is 6.57. The summed E-state index contributed by atoms with van der Waals surface area (Å²) in [4.78, 5) is 0. The van der Waals surface area contributed by atoms with Gasteiger partial charge in [0.1, 0.15) is 8.24 Å². The smallest absolute Gasteiger partial charge is 0.136 e. The highest BCUT2D eigenvalue weighted by atomic mass is 28.3. The lowest BCUT2D eigenvalue weighted by atomic mass is 10.5. The summed E-state index contributed by atoms with van der Waals surface area (Å²) in [5.74, 6) is 0. The molecule has 2 heteroatoms. The minimum Gasteiger partial charge on any atom is -0.320 e. The van der Waals surface area contributed by atoms with Crippen LogP contribution in [0, 0.1) is 0 Å². The molecule has 0 heterocycles. The molecule has 16 heavy (non-hydrogen) atoms. The predicted molar refractivity (Wildman–Crippen MR) is 78.5 cm³/mol. The molecule has 0 aromatic heterocycles. The third-order valence-electron chi connectivity index (χ3n) is 4.05. The Hall–Kier alpha value is -0.0831. The number of rotatable bonds is 7. The third-order valence-corrected chi connectivity index (χ3v) is 11.2. The zero-order valence-corrected chi connectivity index (χ0v) is 13.4. The second-order valence-corrected chi connectivity index (χ2v) is 11.5. The van der Waals surface area contributed by atoms with Gasteiger partial charge < -0.3 is 4.57 Å². The van der Waals surface area contributed by atoms with E-state index >= 15 is 0 Å². The van der Waals surface area contributed by atoms with Gasteiger partial charge in [0.25, 0.3) is 0 Å². The Morgan fingerprint density at radius 1 is 1.00 bits per heavy atom. The molecule has 0 fully saturated rings. The molecule has 0 atom stereocenters. The molecule has 1 nitrogen and oxygen atoms in total. The zero-order valence-electron chi connectivity index (χ0n) is 12.4. The van der Waals surface area contributed by atoms with Crippen LogP contribution in [-0.2, 0) is 0 Å². The van der Waals surface area contributed by atoms with Gasteiger partial charge in [0.2, 0.25) is 0 Å². The molecule has 0 amide bonds. The lowest BCUT2D eigenvalue weighted by Gasteiger charge is -2.50. The zero-order chi connectivity index (χ0) is 12.9. The molecule has 0 saturated carbocycles. The van der Waals surface area contributed by atoms with Crippen molar-refractivity contribution in [3.8, 4) is 0 Å². The van der Waals surface area contributed by atoms with E-state index in [0.29, 0.717) is 0 Å². The summed E-state index contributed by atoms with van der Waals surface area (Å²) in [6.07, 6.45) is 2.07. The van der Waals surface area contributed by atoms with Gasteiger partial charge >= 0.3 is 0 Å². The van der Waals surface area contributed by atoms with Crippen molar-refractivity contribution in [2.24, 2.45) is 0 Å². The maximum atomic E-state index is 3.92. The fourth-order valence-electron chi connectivity index (χ4n) is 3.81. The van der Waals surface area contributed by atoms with Crippen molar-refractivity contribution in [2.45, 2.75) is 65.1 Å². The highest BCUT2D eigenvalue weighted by molar-refractivity contribution is 6.81. The molecule has 0 aliphatic rings. The van der Waals surface area contributed by atoms with Crippen LogP contribution in [0.25, 0.3) is 0 Å². The van der Waals surface area contributed by atoms with E-state index in [2.05, 4.69) is 65.7 Å². The molecule has 0 aliphatic carbocycles. The van der Waals surface area contributed by atoms with Crippen molar-refractivity contribution in [2.75, 3.05) is 13.1 Å². The minimum atomic E-state index is -1.42. The molecule has 0 N–H and O–H groups in total. The lowest BCUT2D eigenvalue weighted by Crippen LogP contribution is -2.60. The average molecular weight is 241 g/mol. The van der Waals surface area contributed by atoms with Crippen molar-refractivity contribution >= 4 is 8.24 Å². The molecule has 0 aromatic carbocycles. The Balaban J connectivity index is 5.38. The summed E-state index contributed by atoms with van der Waals surface area (Å²) >= 11 is 0.